The molecule has 5 aromatic rings. The second-order valence-electron chi connectivity index (χ2n) is 13.4. The van der Waals surface area contributed by atoms with Crippen molar-refractivity contribution < 1.29 is 9.47 Å². The Kier molecular flexibility index (Phi) is 52.5. The molecule has 5 nitrogen and oxygen atoms in total. The average molecular weight is 1040 g/mol. The number of aromatic nitrogens is 1. The van der Waals surface area contributed by atoms with E-state index in [0.29, 0.717) is 6.73 Å². The number of para-hydroxylation sites is 4. The van der Waals surface area contributed by atoms with Crippen LogP contribution in [0.2, 0.25) is 0 Å². The molecule has 3 aliphatic heterocycles. The highest BCUT2D eigenvalue weighted by Gasteiger charge is 2.05. The molecule has 392 valence electrons. The van der Waals surface area contributed by atoms with Crippen LogP contribution in [0.15, 0.2) is 133 Å². The highest BCUT2D eigenvalue weighted by Crippen LogP contribution is 2.22. The number of fused-ring (bicyclic) bond motifs is 4. The number of anilines is 1. The number of hydrogen-bond acceptors (Lipinski definition) is 5. The summed E-state index contributed by atoms with van der Waals surface area (Å²) < 4.78 is 10.5. The van der Waals surface area contributed by atoms with E-state index in [9.17, 15) is 0 Å². The molecule has 0 fully saturated rings. The third kappa shape index (κ3) is 39.6. The number of aryl methyl sites for hydroxylation is 1. The van der Waals surface area contributed by atoms with Crippen LogP contribution in [0.4, 0.5) is 5.69 Å². The van der Waals surface area contributed by atoms with Crippen molar-refractivity contribution in [1.29, 1.82) is 0 Å². The van der Waals surface area contributed by atoms with Gasteiger partial charge in [-0.15, -0.1) is 25.7 Å². The first kappa shape index (κ1) is 74.6. The lowest BCUT2D eigenvalue weighted by Crippen LogP contribution is -2.10. The van der Waals surface area contributed by atoms with Crippen LogP contribution in [-0.2, 0) is 12.8 Å². The van der Waals surface area contributed by atoms with Gasteiger partial charge >= 0.3 is 0 Å². The van der Waals surface area contributed by atoms with Gasteiger partial charge in [0, 0.05) is 35.6 Å². The van der Waals surface area contributed by atoms with E-state index >= 15 is 0 Å². The summed E-state index contributed by atoms with van der Waals surface area (Å²) in [6.45, 7) is 8.44. The van der Waals surface area contributed by atoms with Crippen LogP contribution < -0.4 is 14.8 Å². The molecule has 0 radical (unpaired) electrons. The molecule has 0 atom stereocenters. The Morgan fingerprint density at radius 1 is 0.463 bits per heavy atom. The molecule has 0 spiro atoms. The Balaban J connectivity index is -0.000000410. The molecule has 4 aromatic carbocycles. The van der Waals surface area contributed by atoms with E-state index in [1.807, 2.05) is 85.2 Å². The summed E-state index contributed by atoms with van der Waals surface area (Å²) in [6.07, 6.45) is 30.2. The monoisotopic (exact) mass is 1040 g/mol. The zero-order valence-electron chi connectivity index (χ0n) is 42.8. The summed E-state index contributed by atoms with van der Waals surface area (Å²) in [5.74, 6) is 69.8. The largest absolute Gasteiger partial charge is 0.471 e. The van der Waals surface area contributed by atoms with Gasteiger partial charge in [-0.1, -0.05) is 126 Å². The minimum Gasteiger partial charge on any atom is -0.471 e. The topological polar surface area (TPSA) is 55.7 Å². The highest BCUT2D eigenvalue weighted by molar-refractivity contribution is 5.84. The third-order valence-electron chi connectivity index (χ3n) is 8.30. The first-order valence-corrected chi connectivity index (χ1v) is 22.7. The maximum Gasteiger partial charge on any atom is 0.179 e. The molecule has 80 heavy (non-hydrogen) atoms. The first-order valence-electron chi connectivity index (χ1n) is 22.7. The summed E-state index contributed by atoms with van der Waals surface area (Å²) in [6, 6.07) is 36.5. The summed E-state index contributed by atoms with van der Waals surface area (Å²) in [7, 11) is 0. The van der Waals surface area contributed by atoms with Crippen LogP contribution in [0.5, 0.6) is 11.5 Å². The van der Waals surface area contributed by atoms with Gasteiger partial charge in [0.1, 0.15) is 11.5 Å². The van der Waals surface area contributed by atoms with E-state index in [1.165, 1.54) is 35.0 Å². The van der Waals surface area contributed by atoms with Gasteiger partial charge in [-0.05, 0) is 243 Å². The molecular formula is C75H65N3O2. The van der Waals surface area contributed by atoms with E-state index < -0.39 is 0 Å². The van der Waals surface area contributed by atoms with Crippen molar-refractivity contribution in [3.05, 3.63) is 144 Å². The molecule has 0 saturated heterocycles. The van der Waals surface area contributed by atoms with Crippen LogP contribution in [0.3, 0.4) is 0 Å². The lowest BCUT2D eigenvalue weighted by atomic mass is 10.0. The molecular weight excluding hydrogens is 975 g/mol. The lowest BCUT2D eigenvalue weighted by molar-refractivity contribution is 0.326. The van der Waals surface area contributed by atoms with E-state index in [4.69, 9.17) is 35.2 Å². The van der Waals surface area contributed by atoms with Crippen LogP contribution in [0, 0.1) is 191 Å². The molecule has 1 N–H and O–H groups in total. The molecule has 0 saturated carbocycles. The van der Waals surface area contributed by atoms with E-state index in [-0.39, 0.29) is 29.7 Å². The van der Waals surface area contributed by atoms with Crippen molar-refractivity contribution in [3.8, 4) is 203 Å². The van der Waals surface area contributed by atoms with Crippen LogP contribution in [0.1, 0.15) is 80.5 Å². The fraction of sp³-hybridized carbons (Fsp3) is 0.173. The summed E-state index contributed by atoms with van der Waals surface area (Å²) in [5.41, 5.74) is 6.19. The summed E-state index contributed by atoms with van der Waals surface area (Å²) >= 11 is 0. The smallest absolute Gasteiger partial charge is 0.179 e. The SMILES string of the molecule is C.C.C.C.C#CC#CC#CC#CC.C#CC#CC#CC#CC.C#CC#CC#CC#CC.C#CC#CC#CC#CC.C1=COc2ccccc2C1.C1=NCOc2ccccc21.c1ccc2c(c1)CCCN2.c1ccc2ncccc2c1. The van der Waals surface area contributed by atoms with E-state index in [1.54, 1.807) is 34.0 Å². The normalized spacial score (nSPS) is 8.30. The summed E-state index contributed by atoms with van der Waals surface area (Å²) in [5, 5.41) is 4.56. The van der Waals surface area contributed by atoms with Crippen molar-refractivity contribution in [3.63, 3.8) is 0 Å². The Morgan fingerprint density at radius 3 is 1.39 bits per heavy atom. The van der Waals surface area contributed by atoms with Gasteiger partial charge < -0.3 is 14.8 Å². The van der Waals surface area contributed by atoms with Gasteiger partial charge in [0.25, 0.3) is 0 Å². The number of pyridine rings is 1. The molecule has 0 amide bonds. The Labute approximate surface area is 482 Å². The van der Waals surface area contributed by atoms with Crippen molar-refractivity contribution in [2.24, 2.45) is 4.99 Å². The minimum atomic E-state index is 0. The molecule has 1 aromatic heterocycles. The Morgan fingerprint density at radius 2 is 0.900 bits per heavy atom. The molecule has 0 bridgehead atoms. The van der Waals surface area contributed by atoms with Gasteiger partial charge in [0.05, 0.1) is 11.8 Å². The van der Waals surface area contributed by atoms with Gasteiger partial charge in [-0.3, -0.25) is 9.98 Å². The van der Waals surface area contributed by atoms with Crippen molar-refractivity contribution in [2.45, 2.75) is 76.7 Å². The number of allylic oxidation sites excluding steroid dienone is 1. The number of nitrogens with one attached hydrogen (secondary N) is 1. The second kappa shape index (κ2) is 56.4. The van der Waals surface area contributed by atoms with Crippen molar-refractivity contribution in [2.75, 3.05) is 18.6 Å². The third-order valence-corrected chi connectivity index (χ3v) is 8.30. The minimum absolute atomic E-state index is 0. The zero-order valence-corrected chi connectivity index (χ0v) is 42.8. The van der Waals surface area contributed by atoms with E-state index in [2.05, 4.69) is 224 Å². The van der Waals surface area contributed by atoms with Crippen LogP contribution in [-0.4, -0.2) is 24.5 Å². The molecule has 8 rings (SSSR count). The Bertz CT molecular complexity index is 3350. The maximum absolute atomic E-state index is 5.24. The summed E-state index contributed by atoms with van der Waals surface area (Å²) in [4.78, 5) is 8.15. The zero-order chi connectivity index (χ0) is 55.0. The predicted molar refractivity (Wildman–Crippen MR) is 343 cm³/mol. The predicted octanol–water partition coefficient (Wildman–Crippen LogP) is 13.0. The van der Waals surface area contributed by atoms with Gasteiger partial charge in [0.2, 0.25) is 0 Å². The quantitative estimate of drug-likeness (QED) is 0.157. The Hall–Kier alpha value is -11.9. The molecule has 0 unspecified atom stereocenters. The second-order valence-corrected chi connectivity index (χ2v) is 13.4. The fourth-order valence-electron chi connectivity index (χ4n) is 5.24. The lowest BCUT2D eigenvalue weighted by Gasteiger charge is -2.16. The average Bonchev–Trinajstić information content (AvgIpc) is 3.48. The number of ether oxygens (including phenoxy) is 2. The van der Waals surface area contributed by atoms with E-state index in [0.717, 1.165) is 35.5 Å². The van der Waals surface area contributed by atoms with Crippen LogP contribution >= 0.6 is 0 Å². The number of aliphatic imine (C=N–C) groups is 1. The molecule has 0 aliphatic carbocycles. The standard InChI is InChI=1S/C9H11N.C9H7N.C9H8O.4C9H4.C8H7NO.4CH4/c3*1-2-6-9-8(4-1)5-3-7-10-9;4*1-3-5-7-9-8-6-4-2;1-2-4-8-7(3-1)5-9-6-10-8;;;;/h1-2,4,6,10H,3,5,7H2;1-7H;1-4,6-7H,5H2;4*1H,2H3;1-5H,6H2;4*1H4. The van der Waals surface area contributed by atoms with Gasteiger partial charge in [-0.25, -0.2) is 0 Å². The fourth-order valence-corrected chi connectivity index (χ4v) is 5.24. The van der Waals surface area contributed by atoms with Crippen LogP contribution in [0.25, 0.3) is 10.9 Å². The van der Waals surface area contributed by atoms with Gasteiger partial charge in [-0.2, -0.15) is 0 Å². The van der Waals surface area contributed by atoms with Crippen molar-refractivity contribution in [1.82, 2.24) is 4.98 Å². The number of nitrogens with zero attached hydrogens (tertiary/aromatic N) is 2. The molecule has 3 aliphatic rings. The van der Waals surface area contributed by atoms with Gasteiger partial charge in [0.15, 0.2) is 6.73 Å². The van der Waals surface area contributed by atoms with Crippen molar-refractivity contribution >= 4 is 22.8 Å². The number of rotatable bonds is 0. The molecule has 5 heteroatoms. The number of benzene rings is 4. The number of hydrogen-bond donors (Lipinski definition) is 1. The number of terminal acetylenes is 4. The molecule has 4 heterocycles. The maximum atomic E-state index is 5.24. The highest BCUT2D eigenvalue weighted by atomic mass is 16.5. The first-order chi connectivity index (χ1) is 37.5.